The zero-order valence-electron chi connectivity index (χ0n) is 17.0. The molecule has 0 saturated carbocycles. The van der Waals surface area contributed by atoms with Gasteiger partial charge in [0.15, 0.2) is 11.5 Å². The van der Waals surface area contributed by atoms with Crippen LogP contribution in [0.1, 0.15) is 33.9 Å². The van der Waals surface area contributed by atoms with Crippen molar-refractivity contribution < 1.29 is 9.47 Å². The van der Waals surface area contributed by atoms with Gasteiger partial charge in [-0.25, -0.2) is 0 Å². The van der Waals surface area contributed by atoms with E-state index < -0.39 is 0 Å². The summed E-state index contributed by atoms with van der Waals surface area (Å²) < 4.78 is 11.7. The number of rotatable bonds is 6. The Morgan fingerprint density at radius 1 is 1.00 bits per heavy atom. The number of hydrogen-bond acceptors (Lipinski definition) is 3. The maximum absolute atomic E-state index is 6.09. The molecule has 1 heterocycles. The van der Waals surface area contributed by atoms with Gasteiger partial charge in [0, 0.05) is 6.54 Å². The van der Waals surface area contributed by atoms with Crippen LogP contribution in [0.3, 0.4) is 0 Å². The van der Waals surface area contributed by atoms with Crippen molar-refractivity contribution in [3.63, 3.8) is 0 Å². The first kappa shape index (κ1) is 19.3. The third-order valence-electron chi connectivity index (χ3n) is 5.28. The molecule has 1 atom stereocenters. The highest BCUT2D eigenvalue weighted by Crippen LogP contribution is 2.36. The summed E-state index contributed by atoms with van der Waals surface area (Å²) in [5, 5.41) is 3.61. The van der Waals surface area contributed by atoms with Crippen LogP contribution >= 0.6 is 0 Å². The van der Waals surface area contributed by atoms with E-state index in [2.05, 4.69) is 72.9 Å². The molecule has 0 spiro atoms. The quantitative estimate of drug-likeness (QED) is 0.609. The second-order valence-electron chi connectivity index (χ2n) is 7.43. The molecule has 0 fully saturated rings. The van der Waals surface area contributed by atoms with Gasteiger partial charge in [-0.2, -0.15) is 0 Å². The maximum atomic E-state index is 6.09. The summed E-state index contributed by atoms with van der Waals surface area (Å²) >= 11 is 0. The molecule has 3 aromatic rings. The molecule has 3 aromatic carbocycles. The van der Waals surface area contributed by atoms with E-state index in [4.69, 9.17) is 9.47 Å². The first-order chi connectivity index (χ1) is 14.2. The highest BCUT2D eigenvalue weighted by atomic mass is 16.5. The van der Waals surface area contributed by atoms with E-state index >= 15 is 0 Å². The summed E-state index contributed by atoms with van der Waals surface area (Å²) in [5.74, 6) is 1.58. The second-order valence-corrected chi connectivity index (χ2v) is 7.43. The van der Waals surface area contributed by atoms with Crippen molar-refractivity contribution >= 4 is 6.08 Å². The van der Waals surface area contributed by atoms with E-state index in [1.807, 2.05) is 18.2 Å². The molecule has 0 radical (unpaired) electrons. The van der Waals surface area contributed by atoms with Crippen LogP contribution in [-0.2, 0) is 13.0 Å². The molecule has 1 N–H and O–H groups in total. The zero-order chi connectivity index (χ0) is 20.1. The molecule has 0 bridgehead atoms. The second kappa shape index (κ2) is 8.97. The Bertz CT molecular complexity index is 995. The van der Waals surface area contributed by atoms with Crippen molar-refractivity contribution in [1.29, 1.82) is 0 Å². The van der Waals surface area contributed by atoms with Gasteiger partial charge < -0.3 is 14.8 Å². The van der Waals surface area contributed by atoms with Crippen molar-refractivity contribution in [1.82, 2.24) is 5.32 Å². The molecule has 0 aromatic heterocycles. The van der Waals surface area contributed by atoms with E-state index in [1.54, 1.807) is 7.11 Å². The minimum absolute atomic E-state index is 0.163. The van der Waals surface area contributed by atoms with Crippen LogP contribution in [0.5, 0.6) is 11.5 Å². The lowest BCUT2D eigenvalue weighted by Gasteiger charge is -2.26. The van der Waals surface area contributed by atoms with Gasteiger partial charge in [0.05, 0.1) is 13.2 Å². The predicted molar refractivity (Wildman–Crippen MR) is 118 cm³/mol. The molecule has 29 heavy (non-hydrogen) atoms. The lowest BCUT2D eigenvalue weighted by atomic mass is 9.93. The van der Waals surface area contributed by atoms with E-state index in [1.165, 1.54) is 22.3 Å². The van der Waals surface area contributed by atoms with Crippen LogP contribution < -0.4 is 14.8 Å². The lowest BCUT2D eigenvalue weighted by molar-refractivity contribution is 0.283. The average molecular weight is 386 g/mol. The van der Waals surface area contributed by atoms with Gasteiger partial charge in [0.1, 0.15) is 6.61 Å². The predicted octanol–water partition coefficient (Wildman–Crippen LogP) is 5.48. The van der Waals surface area contributed by atoms with Gasteiger partial charge in [-0.1, -0.05) is 72.3 Å². The fourth-order valence-electron chi connectivity index (χ4n) is 3.76. The Labute approximate surface area is 173 Å². The van der Waals surface area contributed by atoms with Gasteiger partial charge in [-0.3, -0.25) is 0 Å². The number of fused-ring (bicyclic) bond motifs is 1. The Morgan fingerprint density at radius 3 is 2.66 bits per heavy atom. The summed E-state index contributed by atoms with van der Waals surface area (Å²) in [5.41, 5.74) is 6.20. The number of benzene rings is 3. The van der Waals surface area contributed by atoms with Gasteiger partial charge in [-0.05, 0) is 47.7 Å². The lowest BCUT2D eigenvalue weighted by Crippen LogP contribution is -2.28. The Morgan fingerprint density at radius 2 is 1.86 bits per heavy atom. The van der Waals surface area contributed by atoms with Crippen LogP contribution in [0.2, 0.25) is 0 Å². The summed E-state index contributed by atoms with van der Waals surface area (Å²) in [4.78, 5) is 0. The highest BCUT2D eigenvalue weighted by Gasteiger charge is 2.21. The fourth-order valence-corrected chi connectivity index (χ4v) is 3.76. The monoisotopic (exact) mass is 385 g/mol. The standard InChI is InChI=1S/C26H27NO2/c1-19-7-6-10-20(15-19)11-12-24-23-17-25(28-2)26(16-22(23)13-14-27-24)29-18-21-8-4-3-5-9-21/h3-12,15-17,24,27H,13-14,18H2,1-2H3/b12-11+. The zero-order valence-corrected chi connectivity index (χ0v) is 17.0. The van der Waals surface area contributed by atoms with Crippen LogP contribution in [0, 0.1) is 6.92 Å². The molecule has 148 valence electrons. The van der Waals surface area contributed by atoms with Crippen molar-refractivity contribution in [3.8, 4) is 11.5 Å². The molecule has 3 heteroatoms. The first-order valence-corrected chi connectivity index (χ1v) is 10.1. The fraction of sp³-hybridized carbons (Fsp3) is 0.231. The topological polar surface area (TPSA) is 30.5 Å². The minimum atomic E-state index is 0.163. The number of ether oxygens (including phenoxy) is 2. The van der Waals surface area contributed by atoms with Crippen LogP contribution in [0.15, 0.2) is 72.8 Å². The van der Waals surface area contributed by atoms with Crippen molar-refractivity contribution in [3.05, 3.63) is 101 Å². The van der Waals surface area contributed by atoms with Crippen molar-refractivity contribution in [2.24, 2.45) is 0 Å². The van der Waals surface area contributed by atoms with E-state index in [9.17, 15) is 0 Å². The molecule has 1 unspecified atom stereocenters. The maximum Gasteiger partial charge on any atom is 0.161 e. The van der Waals surface area contributed by atoms with Crippen LogP contribution in [-0.4, -0.2) is 13.7 Å². The molecule has 0 aliphatic carbocycles. The molecule has 3 nitrogen and oxygen atoms in total. The SMILES string of the molecule is COc1cc2c(cc1OCc1ccccc1)CCNC2/C=C/c1cccc(C)c1. The molecule has 0 saturated heterocycles. The molecule has 1 aliphatic rings. The average Bonchev–Trinajstić information content (AvgIpc) is 2.76. The first-order valence-electron chi connectivity index (χ1n) is 10.1. The molecule has 0 amide bonds. The van der Waals surface area contributed by atoms with Gasteiger partial charge in [0.25, 0.3) is 0 Å². The number of hydrogen-bond donors (Lipinski definition) is 1. The minimum Gasteiger partial charge on any atom is -0.493 e. The molecule has 1 aliphatic heterocycles. The van der Waals surface area contributed by atoms with Crippen LogP contribution in [0.4, 0.5) is 0 Å². The molecule has 4 rings (SSSR count). The van der Waals surface area contributed by atoms with Crippen molar-refractivity contribution in [2.75, 3.05) is 13.7 Å². The van der Waals surface area contributed by atoms with E-state index in [-0.39, 0.29) is 6.04 Å². The summed E-state index contributed by atoms with van der Waals surface area (Å²) in [6.45, 7) is 3.60. The van der Waals surface area contributed by atoms with Gasteiger partial charge in [-0.15, -0.1) is 0 Å². The van der Waals surface area contributed by atoms with E-state index in [0.717, 1.165) is 30.0 Å². The molecular weight excluding hydrogens is 358 g/mol. The largest absolute Gasteiger partial charge is 0.493 e. The number of nitrogens with one attached hydrogen (secondary N) is 1. The van der Waals surface area contributed by atoms with E-state index in [0.29, 0.717) is 6.61 Å². The number of aryl methyl sites for hydroxylation is 1. The van der Waals surface area contributed by atoms with Crippen LogP contribution in [0.25, 0.3) is 6.08 Å². The third kappa shape index (κ3) is 4.69. The highest BCUT2D eigenvalue weighted by molar-refractivity contribution is 5.55. The van der Waals surface area contributed by atoms with Gasteiger partial charge in [0.2, 0.25) is 0 Å². The summed E-state index contributed by atoms with van der Waals surface area (Å²) in [7, 11) is 1.70. The smallest absolute Gasteiger partial charge is 0.161 e. The third-order valence-corrected chi connectivity index (χ3v) is 5.28. The summed E-state index contributed by atoms with van der Waals surface area (Å²) in [6.07, 6.45) is 5.40. The van der Waals surface area contributed by atoms with Gasteiger partial charge >= 0.3 is 0 Å². The van der Waals surface area contributed by atoms with Crippen molar-refractivity contribution in [2.45, 2.75) is 26.0 Å². The summed E-state index contributed by atoms with van der Waals surface area (Å²) in [6, 6.07) is 23.2. The normalized spacial score (nSPS) is 15.9. The number of methoxy groups -OCH3 is 1. The Hall–Kier alpha value is -3.04. The Balaban J connectivity index is 1.57. The molecular formula is C26H27NO2. The Kier molecular flexibility index (Phi) is 5.97.